The van der Waals surface area contributed by atoms with Crippen molar-refractivity contribution in [3.05, 3.63) is 107 Å². The summed E-state index contributed by atoms with van der Waals surface area (Å²) in [5.41, 5.74) is 6.82. The highest BCUT2D eigenvalue weighted by Crippen LogP contribution is 2.21. The summed E-state index contributed by atoms with van der Waals surface area (Å²) >= 11 is 5.87. The predicted molar refractivity (Wildman–Crippen MR) is 118 cm³/mol. The number of hydrogen-bond donors (Lipinski definition) is 1. The summed E-state index contributed by atoms with van der Waals surface area (Å²) in [5.74, 6) is -0.170. The minimum atomic E-state index is -0.170. The Balaban J connectivity index is 1.48. The van der Waals surface area contributed by atoms with Crippen molar-refractivity contribution >= 4 is 34.6 Å². The molecule has 0 atom stereocenters. The highest BCUT2D eigenvalue weighted by atomic mass is 35.5. The van der Waals surface area contributed by atoms with Crippen LogP contribution in [-0.4, -0.2) is 16.7 Å². The van der Waals surface area contributed by atoms with Gasteiger partial charge in [-0.05, 0) is 29.3 Å². The maximum Gasteiger partial charge on any atom is 0.244 e. The van der Waals surface area contributed by atoms with Crippen molar-refractivity contribution in [1.82, 2.24) is 9.99 Å². The standard InChI is InChI=1S/C24H20ClN3O/c25-21-12-10-18(11-13-21)14-24(29)27-26-15-20-17-28(16-19-6-2-1-3-7-19)23-9-5-4-8-22(20)23/h1-13,15,17H,14,16H2,(H,27,29)/b26-15-. The molecule has 29 heavy (non-hydrogen) atoms. The quantitative estimate of drug-likeness (QED) is 0.357. The minimum absolute atomic E-state index is 0.170. The van der Waals surface area contributed by atoms with Gasteiger partial charge in [0.15, 0.2) is 0 Å². The Kier molecular flexibility index (Phi) is 5.73. The molecule has 144 valence electrons. The van der Waals surface area contributed by atoms with Crippen molar-refractivity contribution in [2.24, 2.45) is 5.10 Å². The molecular weight excluding hydrogens is 382 g/mol. The number of para-hydroxylation sites is 1. The molecule has 0 unspecified atom stereocenters. The maximum atomic E-state index is 12.1. The third-order valence-electron chi connectivity index (χ3n) is 4.69. The zero-order chi connectivity index (χ0) is 20.1. The first kappa shape index (κ1) is 19.0. The third-order valence-corrected chi connectivity index (χ3v) is 4.94. The number of benzene rings is 3. The Hall–Kier alpha value is -3.37. The number of halogens is 1. The van der Waals surface area contributed by atoms with E-state index in [9.17, 15) is 4.79 Å². The molecule has 0 radical (unpaired) electrons. The average Bonchev–Trinajstić information content (AvgIpc) is 3.08. The number of rotatable bonds is 6. The Bertz CT molecular complexity index is 1150. The molecule has 0 bridgehead atoms. The number of amides is 1. The van der Waals surface area contributed by atoms with Crippen LogP contribution >= 0.6 is 11.6 Å². The summed E-state index contributed by atoms with van der Waals surface area (Å²) in [5, 5.41) is 5.91. The van der Waals surface area contributed by atoms with Crippen molar-refractivity contribution < 1.29 is 4.79 Å². The van der Waals surface area contributed by atoms with E-state index in [1.807, 2.05) is 42.5 Å². The molecule has 1 amide bonds. The van der Waals surface area contributed by atoms with E-state index in [0.717, 1.165) is 28.6 Å². The van der Waals surface area contributed by atoms with E-state index in [4.69, 9.17) is 11.6 Å². The monoisotopic (exact) mass is 401 g/mol. The van der Waals surface area contributed by atoms with Crippen LogP contribution in [0.4, 0.5) is 0 Å². The number of nitrogens with zero attached hydrogens (tertiary/aromatic N) is 2. The van der Waals surface area contributed by atoms with Crippen LogP contribution in [0, 0.1) is 0 Å². The van der Waals surface area contributed by atoms with E-state index in [0.29, 0.717) is 5.02 Å². The van der Waals surface area contributed by atoms with Crippen molar-refractivity contribution in [3.8, 4) is 0 Å². The SMILES string of the molecule is O=C(Cc1ccc(Cl)cc1)N/N=C\c1cn(Cc2ccccc2)c2ccccc12. The smallest absolute Gasteiger partial charge is 0.244 e. The van der Waals surface area contributed by atoms with Gasteiger partial charge in [-0.3, -0.25) is 4.79 Å². The number of carbonyl (C=O) groups excluding carboxylic acids is 1. The number of aromatic nitrogens is 1. The van der Waals surface area contributed by atoms with Gasteiger partial charge in [-0.2, -0.15) is 5.10 Å². The molecule has 1 N–H and O–H groups in total. The molecule has 5 heteroatoms. The first-order valence-electron chi connectivity index (χ1n) is 9.37. The van der Waals surface area contributed by atoms with Crippen LogP contribution < -0.4 is 5.43 Å². The lowest BCUT2D eigenvalue weighted by Crippen LogP contribution is -2.19. The Labute approximate surface area is 174 Å². The van der Waals surface area contributed by atoms with Gasteiger partial charge in [0, 0.05) is 34.2 Å². The highest BCUT2D eigenvalue weighted by molar-refractivity contribution is 6.30. The highest BCUT2D eigenvalue weighted by Gasteiger charge is 2.07. The normalized spacial score (nSPS) is 11.2. The van der Waals surface area contributed by atoms with Gasteiger partial charge in [0.25, 0.3) is 0 Å². The van der Waals surface area contributed by atoms with E-state index in [1.54, 1.807) is 18.3 Å². The van der Waals surface area contributed by atoms with E-state index in [2.05, 4.69) is 45.6 Å². The van der Waals surface area contributed by atoms with Crippen LogP contribution in [-0.2, 0) is 17.8 Å². The largest absolute Gasteiger partial charge is 0.342 e. The van der Waals surface area contributed by atoms with Gasteiger partial charge in [-0.1, -0.05) is 72.3 Å². The van der Waals surface area contributed by atoms with Crippen LogP contribution in [0.3, 0.4) is 0 Å². The number of hydrazone groups is 1. The molecule has 0 saturated carbocycles. The molecule has 0 saturated heterocycles. The lowest BCUT2D eigenvalue weighted by molar-refractivity contribution is -0.120. The van der Waals surface area contributed by atoms with Crippen LogP contribution in [0.5, 0.6) is 0 Å². The van der Waals surface area contributed by atoms with E-state index in [-0.39, 0.29) is 12.3 Å². The molecule has 4 rings (SSSR count). The first-order valence-corrected chi connectivity index (χ1v) is 9.75. The molecule has 3 aromatic carbocycles. The topological polar surface area (TPSA) is 46.4 Å². The van der Waals surface area contributed by atoms with Gasteiger partial charge in [0.2, 0.25) is 5.91 Å². The molecule has 4 aromatic rings. The van der Waals surface area contributed by atoms with E-state index >= 15 is 0 Å². The van der Waals surface area contributed by atoms with Crippen LogP contribution in [0.25, 0.3) is 10.9 Å². The number of hydrogen-bond acceptors (Lipinski definition) is 2. The maximum absolute atomic E-state index is 12.1. The second-order valence-electron chi connectivity index (χ2n) is 6.81. The third kappa shape index (κ3) is 4.73. The molecular formula is C24H20ClN3O. The fraction of sp³-hybridized carbons (Fsp3) is 0.0833. The zero-order valence-corrected chi connectivity index (χ0v) is 16.5. The lowest BCUT2D eigenvalue weighted by atomic mass is 10.1. The summed E-state index contributed by atoms with van der Waals surface area (Å²) in [4.78, 5) is 12.1. The second kappa shape index (κ2) is 8.76. The Morgan fingerprint density at radius 3 is 2.45 bits per heavy atom. The Morgan fingerprint density at radius 1 is 0.931 bits per heavy atom. The molecule has 4 nitrogen and oxygen atoms in total. The molecule has 0 fully saturated rings. The molecule has 0 spiro atoms. The van der Waals surface area contributed by atoms with Gasteiger partial charge in [0.1, 0.15) is 0 Å². The molecule has 1 heterocycles. The molecule has 0 aliphatic rings. The molecule has 0 aliphatic heterocycles. The minimum Gasteiger partial charge on any atom is -0.342 e. The number of nitrogens with one attached hydrogen (secondary N) is 1. The molecule has 1 aromatic heterocycles. The average molecular weight is 402 g/mol. The summed E-state index contributed by atoms with van der Waals surface area (Å²) in [7, 11) is 0. The van der Waals surface area contributed by atoms with E-state index < -0.39 is 0 Å². The summed E-state index contributed by atoms with van der Waals surface area (Å²) in [6.45, 7) is 0.776. The van der Waals surface area contributed by atoms with E-state index in [1.165, 1.54) is 5.56 Å². The molecule has 0 aliphatic carbocycles. The lowest BCUT2D eigenvalue weighted by Gasteiger charge is -2.05. The van der Waals surface area contributed by atoms with Crippen LogP contribution in [0.2, 0.25) is 5.02 Å². The summed E-state index contributed by atoms with van der Waals surface area (Å²) < 4.78 is 2.20. The second-order valence-corrected chi connectivity index (χ2v) is 7.25. The zero-order valence-electron chi connectivity index (χ0n) is 15.8. The first-order chi connectivity index (χ1) is 14.2. The summed E-state index contributed by atoms with van der Waals surface area (Å²) in [6.07, 6.45) is 4.01. The van der Waals surface area contributed by atoms with Crippen LogP contribution in [0.1, 0.15) is 16.7 Å². The number of carbonyl (C=O) groups is 1. The van der Waals surface area contributed by atoms with Gasteiger partial charge in [-0.25, -0.2) is 5.43 Å². The van der Waals surface area contributed by atoms with Gasteiger partial charge >= 0.3 is 0 Å². The van der Waals surface area contributed by atoms with Gasteiger partial charge in [-0.15, -0.1) is 0 Å². The van der Waals surface area contributed by atoms with Crippen LogP contribution in [0.15, 0.2) is 90.2 Å². The fourth-order valence-corrected chi connectivity index (χ4v) is 3.42. The van der Waals surface area contributed by atoms with Crippen molar-refractivity contribution in [3.63, 3.8) is 0 Å². The number of fused-ring (bicyclic) bond motifs is 1. The van der Waals surface area contributed by atoms with Crippen molar-refractivity contribution in [1.29, 1.82) is 0 Å². The fourth-order valence-electron chi connectivity index (χ4n) is 3.29. The van der Waals surface area contributed by atoms with Gasteiger partial charge in [0.05, 0.1) is 12.6 Å². The van der Waals surface area contributed by atoms with Gasteiger partial charge < -0.3 is 4.57 Å². The summed E-state index contributed by atoms with van der Waals surface area (Å²) in [6, 6.07) is 25.7. The predicted octanol–water partition coefficient (Wildman–Crippen LogP) is 5.04. The van der Waals surface area contributed by atoms with Crippen molar-refractivity contribution in [2.75, 3.05) is 0 Å². The van der Waals surface area contributed by atoms with Crippen molar-refractivity contribution in [2.45, 2.75) is 13.0 Å². The Morgan fingerprint density at radius 2 is 1.66 bits per heavy atom.